The molecule has 0 aromatic heterocycles. The highest BCUT2D eigenvalue weighted by Crippen LogP contribution is 2.19. The third kappa shape index (κ3) is 4.07. The molecule has 0 spiro atoms. The van der Waals surface area contributed by atoms with Gasteiger partial charge in [-0.3, -0.25) is 0 Å². The summed E-state index contributed by atoms with van der Waals surface area (Å²) < 4.78 is 30.2. The Bertz CT molecular complexity index is 440. The van der Waals surface area contributed by atoms with Crippen molar-refractivity contribution in [3.63, 3.8) is 0 Å². The van der Waals surface area contributed by atoms with Gasteiger partial charge in [0.2, 0.25) is 5.50 Å². The maximum Gasteiger partial charge on any atom is 0.348 e. The van der Waals surface area contributed by atoms with E-state index in [9.17, 15) is 13.6 Å². The molecule has 1 rings (SSSR count). The minimum absolute atomic E-state index is 0.155. The first-order valence-electron chi connectivity index (χ1n) is 4.71. The third-order valence-electron chi connectivity index (χ3n) is 1.66. The summed E-state index contributed by atoms with van der Waals surface area (Å²) >= 11 is 5.51. The number of rotatable bonds is 4. The lowest BCUT2D eigenvalue weighted by Gasteiger charge is -2.02. The summed E-state index contributed by atoms with van der Waals surface area (Å²) in [5.41, 5.74) is -1.55. The Labute approximate surface area is 101 Å². The van der Waals surface area contributed by atoms with Crippen molar-refractivity contribution in [2.45, 2.75) is 12.4 Å². The molecule has 0 radical (unpaired) electrons. The first kappa shape index (κ1) is 13.5. The molecule has 1 aromatic carbocycles. The average molecular weight is 263 g/mol. The van der Waals surface area contributed by atoms with Crippen molar-refractivity contribution >= 4 is 23.3 Å². The first-order valence-corrected chi connectivity index (χ1v) is 5.15. The van der Waals surface area contributed by atoms with Crippen LogP contribution < -0.4 is 0 Å². The van der Waals surface area contributed by atoms with E-state index < -0.39 is 23.1 Å². The van der Waals surface area contributed by atoms with Crippen LogP contribution in [0.5, 0.6) is 0 Å². The Hall–Kier alpha value is -1.56. The zero-order chi connectivity index (χ0) is 12.8. The van der Waals surface area contributed by atoms with Crippen molar-refractivity contribution in [3.8, 4) is 0 Å². The van der Waals surface area contributed by atoms with Crippen LogP contribution in [0, 0.1) is 11.6 Å². The highest BCUT2D eigenvalue weighted by molar-refractivity contribution is 6.29. The number of nitrogens with zero attached hydrogens (tertiary/aromatic N) is 2. The van der Waals surface area contributed by atoms with Crippen LogP contribution in [0.4, 0.5) is 14.5 Å². The second-order valence-corrected chi connectivity index (χ2v) is 3.31. The van der Waals surface area contributed by atoms with Gasteiger partial charge in [-0.05, 0) is 19.1 Å². The molecule has 0 aliphatic rings. The second-order valence-electron chi connectivity index (χ2n) is 2.90. The molecule has 0 amide bonds. The molecule has 0 aliphatic carbocycles. The predicted molar refractivity (Wildman–Crippen MR) is 57.1 cm³/mol. The predicted octanol–water partition coefficient (Wildman–Crippen LogP) is 3.18. The Morgan fingerprint density at radius 2 is 2.24 bits per heavy atom. The number of azo groups is 1. The molecular formula is C10H9ClF2N2O2. The highest BCUT2D eigenvalue weighted by atomic mass is 35.5. The van der Waals surface area contributed by atoms with E-state index in [1.807, 2.05) is 0 Å². The molecule has 4 nitrogen and oxygen atoms in total. The summed E-state index contributed by atoms with van der Waals surface area (Å²) in [6.07, 6.45) is 0. The fourth-order valence-electron chi connectivity index (χ4n) is 0.933. The number of ether oxygens (including phenoxy) is 1. The maximum absolute atomic E-state index is 13.1. The van der Waals surface area contributed by atoms with Gasteiger partial charge in [-0.15, -0.1) is 0 Å². The molecule has 0 bridgehead atoms. The summed E-state index contributed by atoms with van der Waals surface area (Å²) in [7, 11) is 0. The molecule has 92 valence electrons. The molecular weight excluding hydrogens is 254 g/mol. The van der Waals surface area contributed by atoms with Crippen molar-refractivity contribution in [1.29, 1.82) is 0 Å². The van der Waals surface area contributed by atoms with E-state index in [-0.39, 0.29) is 12.3 Å². The zero-order valence-corrected chi connectivity index (χ0v) is 9.62. The molecule has 1 unspecified atom stereocenters. The molecule has 0 fully saturated rings. The van der Waals surface area contributed by atoms with E-state index in [1.165, 1.54) is 0 Å². The quantitative estimate of drug-likeness (QED) is 0.362. The normalized spacial score (nSPS) is 12.7. The summed E-state index contributed by atoms with van der Waals surface area (Å²) in [4.78, 5) is 11.0. The van der Waals surface area contributed by atoms with E-state index in [1.54, 1.807) is 6.92 Å². The molecule has 0 aliphatic heterocycles. The first-order chi connectivity index (χ1) is 8.04. The van der Waals surface area contributed by atoms with Gasteiger partial charge in [-0.2, -0.15) is 10.2 Å². The van der Waals surface area contributed by atoms with E-state index in [2.05, 4.69) is 15.0 Å². The van der Waals surface area contributed by atoms with Gasteiger partial charge in [0.05, 0.1) is 6.61 Å². The van der Waals surface area contributed by atoms with Crippen LogP contribution in [0.25, 0.3) is 0 Å². The maximum atomic E-state index is 13.1. The van der Waals surface area contributed by atoms with Gasteiger partial charge in [0.15, 0.2) is 5.82 Å². The average Bonchev–Trinajstić information content (AvgIpc) is 2.27. The highest BCUT2D eigenvalue weighted by Gasteiger charge is 2.15. The van der Waals surface area contributed by atoms with Crippen LogP contribution in [0.3, 0.4) is 0 Å². The second kappa shape index (κ2) is 6.24. The number of carbonyl (C=O) groups is 1. The Balaban J connectivity index is 2.73. The zero-order valence-electron chi connectivity index (χ0n) is 8.86. The lowest BCUT2D eigenvalue weighted by molar-refractivity contribution is -0.142. The summed E-state index contributed by atoms with van der Waals surface area (Å²) in [6.45, 7) is 1.76. The van der Waals surface area contributed by atoms with Crippen LogP contribution in [0.15, 0.2) is 28.4 Å². The van der Waals surface area contributed by atoms with Crippen LogP contribution in [0.2, 0.25) is 0 Å². The topological polar surface area (TPSA) is 51.0 Å². The SMILES string of the molecule is CCOC(=O)C(Cl)N=Nc1ccc(F)cc1F. The summed E-state index contributed by atoms with van der Waals surface area (Å²) in [6, 6.07) is 2.76. The molecule has 1 atom stereocenters. The van der Waals surface area contributed by atoms with Gasteiger partial charge >= 0.3 is 5.97 Å². The van der Waals surface area contributed by atoms with Crippen molar-refractivity contribution < 1.29 is 18.3 Å². The largest absolute Gasteiger partial charge is 0.463 e. The number of esters is 1. The van der Waals surface area contributed by atoms with Gasteiger partial charge in [0.1, 0.15) is 11.5 Å². The van der Waals surface area contributed by atoms with Crippen molar-refractivity contribution in [2.24, 2.45) is 10.2 Å². The molecule has 0 heterocycles. The Morgan fingerprint density at radius 3 is 2.82 bits per heavy atom. The van der Waals surface area contributed by atoms with Gasteiger partial charge in [-0.1, -0.05) is 11.6 Å². The lowest BCUT2D eigenvalue weighted by Crippen LogP contribution is -2.14. The molecule has 17 heavy (non-hydrogen) atoms. The fourth-order valence-corrected chi connectivity index (χ4v) is 1.04. The molecule has 1 aromatic rings. The number of alkyl halides is 1. The van der Waals surface area contributed by atoms with E-state index in [0.29, 0.717) is 6.07 Å². The number of carbonyl (C=O) groups excluding carboxylic acids is 1. The number of hydrogen-bond acceptors (Lipinski definition) is 4. The number of hydrogen-bond donors (Lipinski definition) is 0. The van der Waals surface area contributed by atoms with Crippen molar-refractivity contribution in [3.05, 3.63) is 29.8 Å². The van der Waals surface area contributed by atoms with E-state index >= 15 is 0 Å². The Kier molecular flexibility index (Phi) is 4.96. The number of halogens is 3. The fraction of sp³-hybridized carbons (Fsp3) is 0.300. The van der Waals surface area contributed by atoms with Gasteiger partial charge in [0.25, 0.3) is 0 Å². The van der Waals surface area contributed by atoms with Crippen LogP contribution in [-0.4, -0.2) is 18.1 Å². The van der Waals surface area contributed by atoms with Gasteiger partial charge in [-0.25, -0.2) is 13.6 Å². The van der Waals surface area contributed by atoms with E-state index in [4.69, 9.17) is 11.6 Å². The minimum atomic E-state index is -1.35. The molecule has 0 N–H and O–H groups in total. The summed E-state index contributed by atoms with van der Waals surface area (Å²) in [5.74, 6) is -2.39. The molecule has 0 saturated heterocycles. The molecule has 0 saturated carbocycles. The van der Waals surface area contributed by atoms with Crippen LogP contribution in [-0.2, 0) is 9.53 Å². The monoisotopic (exact) mass is 262 g/mol. The van der Waals surface area contributed by atoms with Crippen LogP contribution >= 0.6 is 11.6 Å². The smallest absolute Gasteiger partial charge is 0.348 e. The van der Waals surface area contributed by atoms with Crippen molar-refractivity contribution in [1.82, 2.24) is 0 Å². The Morgan fingerprint density at radius 1 is 1.53 bits per heavy atom. The molecule has 7 heteroatoms. The summed E-state index contributed by atoms with van der Waals surface area (Å²) in [5, 5.41) is 6.76. The van der Waals surface area contributed by atoms with Crippen molar-refractivity contribution in [2.75, 3.05) is 6.61 Å². The van der Waals surface area contributed by atoms with E-state index in [0.717, 1.165) is 12.1 Å². The van der Waals surface area contributed by atoms with Gasteiger partial charge in [0, 0.05) is 6.07 Å². The third-order valence-corrected chi connectivity index (χ3v) is 1.92. The van der Waals surface area contributed by atoms with Crippen LogP contribution in [0.1, 0.15) is 6.92 Å². The van der Waals surface area contributed by atoms with Gasteiger partial charge < -0.3 is 4.74 Å². The standard InChI is InChI=1S/C10H9ClF2N2O2/c1-2-17-10(16)9(11)15-14-8-4-3-6(12)5-7(8)13/h3-5,9H,2H2,1H3. The number of benzene rings is 1. The lowest BCUT2D eigenvalue weighted by atomic mass is 10.3. The minimum Gasteiger partial charge on any atom is -0.463 e.